The average Bonchev–Trinajstić information content (AvgIpc) is 2.64. The molecule has 1 aliphatic rings. The van der Waals surface area contributed by atoms with Crippen LogP contribution in [0, 0.1) is 0 Å². The molecule has 0 bridgehead atoms. The molecule has 1 aromatic carbocycles. The Labute approximate surface area is 112 Å². The van der Waals surface area contributed by atoms with Gasteiger partial charge in [-0.2, -0.15) is 0 Å². The molecule has 1 heterocycles. The number of carboxylic acid groups (broad SMARTS) is 1. The van der Waals surface area contributed by atoms with Crippen LogP contribution in [0.1, 0.15) is 16.8 Å². The molecule has 0 saturated carbocycles. The Morgan fingerprint density at radius 1 is 1.05 bits per heavy atom. The highest BCUT2D eigenvalue weighted by Crippen LogP contribution is 2.09. The highest BCUT2D eigenvalue weighted by Gasteiger charge is 2.20. The normalized spacial score (nSPS) is 16.9. The molecule has 1 aromatic rings. The summed E-state index contributed by atoms with van der Waals surface area (Å²) in [7, 11) is 0. The van der Waals surface area contributed by atoms with Gasteiger partial charge >= 0.3 is 5.97 Å². The van der Waals surface area contributed by atoms with E-state index in [-0.39, 0.29) is 12.5 Å². The molecule has 0 atom stereocenters. The summed E-state index contributed by atoms with van der Waals surface area (Å²) in [4.78, 5) is 26.6. The van der Waals surface area contributed by atoms with E-state index in [0.29, 0.717) is 25.2 Å². The number of carboxylic acids is 1. The molecule has 19 heavy (non-hydrogen) atoms. The summed E-state index contributed by atoms with van der Waals surface area (Å²) in [6.07, 6.45) is 0.811. The van der Waals surface area contributed by atoms with Gasteiger partial charge in [-0.3, -0.25) is 14.5 Å². The van der Waals surface area contributed by atoms with Crippen LogP contribution in [0.4, 0.5) is 0 Å². The second-order valence-corrected chi connectivity index (χ2v) is 4.68. The summed E-state index contributed by atoms with van der Waals surface area (Å²) >= 11 is 0. The zero-order valence-corrected chi connectivity index (χ0v) is 10.8. The average molecular weight is 262 g/mol. The lowest BCUT2D eigenvalue weighted by molar-refractivity contribution is -0.138. The zero-order valence-electron chi connectivity index (χ0n) is 10.8. The summed E-state index contributed by atoms with van der Waals surface area (Å²) in [5.74, 6) is -0.791. The van der Waals surface area contributed by atoms with E-state index >= 15 is 0 Å². The number of hydrogen-bond acceptors (Lipinski definition) is 3. The summed E-state index contributed by atoms with van der Waals surface area (Å²) < 4.78 is 0. The molecule has 0 radical (unpaired) electrons. The predicted octanol–water partition coefficient (Wildman–Crippen LogP) is 0.919. The van der Waals surface area contributed by atoms with E-state index < -0.39 is 5.97 Å². The van der Waals surface area contributed by atoms with Gasteiger partial charge in [-0.15, -0.1) is 0 Å². The third-order valence-corrected chi connectivity index (χ3v) is 3.26. The van der Waals surface area contributed by atoms with Crippen molar-refractivity contribution < 1.29 is 14.7 Å². The van der Waals surface area contributed by atoms with Gasteiger partial charge in [0.25, 0.3) is 5.91 Å². The van der Waals surface area contributed by atoms with Crippen LogP contribution in [0.25, 0.3) is 0 Å². The van der Waals surface area contributed by atoms with Gasteiger partial charge in [0.2, 0.25) is 0 Å². The van der Waals surface area contributed by atoms with Crippen molar-refractivity contribution in [1.29, 1.82) is 0 Å². The van der Waals surface area contributed by atoms with Gasteiger partial charge in [-0.25, -0.2) is 0 Å². The molecule has 0 aromatic heterocycles. The predicted molar refractivity (Wildman–Crippen MR) is 71.0 cm³/mol. The monoisotopic (exact) mass is 262 g/mol. The van der Waals surface area contributed by atoms with E-state index in [0.717, 1.165) is 13.0 Å². The number of amides is 1. The molecule has 0 spiro atoms. The molecule has 5 heteroatoms. The smallest absolute Gasteiger partial charge is 0.317 e. The summed E-state index contributed by atoms with van der Waals surface area (Å²) in [6, 6.07) is 9.20. The number of carbonyl (C=O) groups excluding carboxylic acids is 1. The van der Waals surface area contributed by atoms with Gasteiger partial charge < -0.3 is 10.0 Å². The minimum absolute atomic E-state index is 0.0257. The first-order valence-electron chi connectivity index (χ1n) is 6.45. The minimum Gasteiger partial charge on any atom is -0.480 e. The second kappa shape index (κ2) is 6.33. The fourth-order valence-corrected chi connectivity index (χ4v) is 2.29. The van der Waals surface area contributed by atoms with E-state index in [9.17, 15) is 9.59 Å². The van der Waals surface area contributed by atoms with Gasteiger partial charge in [0.15, 0.2) is 0 Å². The third-order valence-electron chi connectivity index (χ3n) is 3.26. The zero-order chi connectivity index (χ0) is 13.7. The van der Waals surface area contributed by atoms with Crippen LogP contribution < -0.4 is 0 Å². The first-order valence-corrected chi connectivity index (χ1v) is 6.45. The number of rotatable bonds is 3. The maximum atomic E-state index is 12.3. The lowest BCUT2D eigenvalue weighted by Crippen LogP contribution is -2.36. The molecule has 1 saturated heterocycles. The Kier molecular flexibility index (Phi) is 4.52. The van der Waals surface area contributed by atoms with E-state index in [1.165, 1.54) is 0 Å². The van der Waals surface area contributed by atoms with Gasteiger partial charge in [-0.1, -0.05) is 18.2 Å². The van der Waals surface area contributed by atoms with Crippen LogP contribution in [0.15, 0.2) is 30.3 Å². The Morgan fingerprint density at radius 3 is 2.47 bits per heavy atom. The van der Waals surface area contributed by atoms with Gasteiger partial charge in [-0.05, 0) is 18.6 Å². The Bertz CT molecular complexity index is 447. The Balaban J connectivity index is 1.96. The fraction of sp³-hybridized carbons (Fsp3) is 0.429. The van der Waals surface area contributed by atoms with Crippen LogP contribution >= 0.6 is 0 Å². The largest absolute Gasteiger partial charge is 0.480 e. The fourth-order valence-electron chi connectivity index (χ4n) is 2.29. The van der Waals surface area contributed by atoms with Gasteiger partial charge in [0, 0.05) is 31.7 Å². The maximum absolute atomic E-state index is 12.3. The number of hydrogen-bond donors (Lipinski definition) is 1. The first-order chi connectivity index (χ1) is 9.16. The van der Waals surface area contributed by atoms with Gasteiger partial charge in [0.1, 0.15) is 0 Å². The van der Waals surface area contributed by atoms with Crippen molar-refractivity contribution in [3.8, 4) is 0 Å². The van der Waals surface area contributed by atoms with E-state index in [2.05, 4.69) is 0 Å². The number of nitrogens with zero attached hydrogens (tertiary/aromatic N) is 2. The number of carbonyl (C=O) groups is 2. The van der Waals surface area contributed by atoms with Crippen LogP contribution in [0.2, 0.25) is 0 Å². The molecule has 1 fully saturated rings. The highest BCUT2D eigenvalue weighted by molar-refractivity contribution is 5.94. The molecule has 1 aliphatic heterocycles. The summed E-state index contributed by atoms with van der Waals surface area (Å²) in [5, 5.41) is 8.79. The van der Waals surface area contributed by atoms with Crippen molar-refractivity contribution >= 4 is 11.9 Å². The molecule has 102 valence electrons. The van der Waals surface area contributed by atoms with E-state index in [1.807, 2.05) is 35.2 Å². The molecule has 0 unspecified atom stereocenters. The van der Waals surface area contributed by atoms with Crippen molar-refractivity contribution in [1.82, 2.24) is 9.80 Å². The molecule has 2 rings (SSSR count). The van der Waals surface area contributed by atoms with Crippen molar-refractivity contribution in [2.75, 3.05) is 32.7 Å². The maximum Gasteiger partial charge on any atom is 0.317 e. The molecule has 0 aliphatic carbocycles. The summed E-state index contributed by atoms with van der Waals surface area (Å²) in [5.41, 5.74) is 0.689. The third kappa shape index (κ3) is 3.79. The van der Waals surface area contributed by atoms with Crippen LogP contribution in [-0.4, -0.2) is 59.5 Å². The second-order valence-electron chi connectivity index (χ2n) is 4.68. The van der Waals surface area contributed by atoms with Crippen LogP contribution in [-0.2, 0) is 4.79 Å². The lowest BCUT2D eigenvalue weighted by atomic mass is 10.2. The SMILES string of the molecule is O=C(O)CN1CCCN(C(=O)c2ccccc2)CC1. The lowest BCUT2D eigenvalue weighted by Gasteiger charge is -2.21. The Hall–Kier alpha value is -1.88. The summed E-state index contributed by atoms with van der Waals surface area (Å²) in [6.45, 7) is 2.66. The van der Waals surface area contributed by atoms with Crippen LogP contribution in [0.3, 0.4) is 0 Å². The highest BCUT2D eigenvalue weighted by atomic mass is 16.4. The van der Waals surface area contributed by atoms with Crippen molar-refractivity contribution in [2.24, 2.45) is 0 Å². The molecular weight excluding hydrogens is 244 g/mol. The van der Waals surface area contributed by atoms with E-state index in [4.69, 9.17) is 5.11 Å². The van der Waals surface area contributed by atoms with Crippen molar-refractivity contribution in [3.05, 3.63) is 35.9 Å². The molecule has 1 amide bonds. The Morgan fingerprint density at radius 2 is 1.79 bits per heavy atom. The molecule has 5 nitrogen and oxygen atoms in total. The van der Waals surface area contributed by atoms with Crippen LogP contribution in [0.5, 0.6) is 0 Å². The number of benzene rings is 1. The first kappa shape index (κ1) is 13.5. The number of aliphatic carboxylic acids is 1. The van der Waals surface area contributed by atoms with E-state index in [1.54, 1.807) is 4.90 Å². The molecular formula is C14H18N2O3. The van der Waals surface area contributed by atoms with Crippen molar-refractivity contribution in [2.45, 2.75) is 6.42 Å². The quantitative estimate of drug-likeness (QED) is 0.880. The van der Waals surface area contributed by atoms with Gasteiger partial charge in [0.05, 0.1) is 6.54 Å². The topological polar surface area (TPSA) is 60.9 Å². The standard InChI is InChI=1S/C14H18N2O3/c17-13(18)11-15-7-4-8-16(10-9-15)14(19)12-5-2-1-3-6-12/h1-3,5-6H,4,7-11H2,(H,17,18). The molecule has 1 N–H and O–H groups in total. The van der Waals surface area contributed by atoms with Crippen molar-refractivity contribution in [3.63, 3.8) is 0 Å². The minimum atomic E-state index is -0.817.